The molecule has 0 bridgehead atoms. The molecule has 3 heterocycles. The molecule has 0 aliphatic heterocycles. The van der Waals surface area contributed by atoms with Crippen LogP contribution in [0.15, 0.2) is 122 Å². The molecule has 3 aromatic heterocycles. The van der Waals surface area contributed by atoms with E-state index < -0.39 is 0 Å². The van der Waals surface area contributed by atoms with E-state index in [9.17, 15) is 0 Å². The zero-order chi connectivity index (χ0) is 22.0. The van der Waals surface area contributed by atoms with Crippen molar-refractivity contribution in [3.05, 3.63) is 122 Å². The minimum absolute atomic E-state index is 0.700. The molecule has 0 fully saturated rings. The number of nitrogens with zero attached hydrogens (tertiary/aromatic N) is 4. The molecule has 156 valence electrons. The Hall–Kier alpha value is -4.57. The molecule has 0 atom stereocenters. The smallest absolute Gasteiger partial charge is 0.176 e. The van der Waals surface area contributed by atoms with Gasteiger partial charge in [-0.1, -0.05) is 66.7 Å². The fourth-order valence-corrected chi connectivity index (χ4v) is 4.28. The average Bonchev–Trinajstić information content (AvgIpc) is 3.35. The second kappa shape index (κ2) is 8.17. The summed E-state index contributed by atoms with van der Waals surface area (Å²) in [6.45, 7) is 0. The van der Waals surface area contributed by atoms with Crippen LogP contribution in [0.25, 0.3) is 50.5 Å². The average molecular weight is 425 g/mol. The van der Waals surface area contributed by atoms with Gasteiger partial charge in [-0.3, -0.25) is 4.98 Å². The second-order valence-corrected chi connectivity index (χ2v) is 7.81. The monoisotopic (exact) mass is 424 g/mol. The van der Waals surface area contributed by atoms with E-state index in [1.54, 1.807) is 12.4 Å². The normalized spacial score (nSPS) is 11.0. The fraction of sp³-hybridized carbons (Fsp3) is 0. The molecule has 0 spiro atoms. The van der Waals surface area contributed by atoms with Crippen LogP contribution in [0, 0.1) is 0 Å². The highest BCUT2D eigenvalue weighted by molar-refractivity contribution is 5.93. The van der Waals surface area contributed by atoms with E-state index in [-0.39, 0.29) is 0 Å². The lowest BCUT2D eigenvalue weighted by Crippen LogP contribution is -2.01. The highest BCUT2D eigenvalue weighted by Gasteiger charge is 2.15. The highest BCUT2D eigenvalue weighted by atomic mass is 15.0. The predicted molar refractivity (Wildman–Crippen MR) is 133 cm³/mol. The van der Waals surface area contributed by atoms with Gasteiger partial charge in [-0.25, -0.2) is 9.97 Å². The van der Waals surface area contributed by atoms with Crippen molar-refractivity contribution < 1.29 is 0 Å². The summed E-state index contributed by atoms with van der Waals surface area (Å²) in [7, 11) is 0. The van der Waals surface area contributed by atoms with Crippen LogP contribution < -0.4 is 0 Å². The third-order valence-corrected chi connectivity index (χ3v) is 5.81. The molecule has 6 aromatic rings. The van der Waals surface area contributed by atoms with Gasteiger partial charge in [-0.05, 0) is 47.5 Å². The van der Waals surface area contributed by atoms with E-state index in [1.807, 2.05) is 36.5 Å². The largest absolute Gasteiger partial charge is 0.306 e. The summed E-state index contributed by atoms with van der Waals surface area (Å²) in [5.74, 6) is 0.700. The first kappa shape index (κ1) is 19.1. The van der Waals surface area contributed by atoms with Gasteiger partial charge in [0.05, 0.1) is 16.9 Å². The van der Waals surface area contributed by atoms with Crippen molar-refractivity contribution in [1.29, 1.82) is 0 Å². The molecule has 0 amide bonds. The standard InChI is InChI=1S/C29H20N4/c1-2-9-24(10-3-1)33-26(16-17-27(33)29-31-19-6-20-32-29)22-14-12-21(13-15-22)25-11-4-7-23-8-5-18-30-28(23)25/h1-20H. The SMILES string of the molecule is c1ccc(-n2c(-c3ccc(-c4cccc5cccnc45)cc3)ccc2-c2ncccn2)cc1. The van der Waals surface area contributed by atoms with Crippen LogP contribution in [-0.4, -0.2) is 19.5 Å². The molecule has 4 heteroatoms. The quantitative estimate of drug-likeness (QED) is 0.312. The van der Waals surface area contributed by atoms with Gasteiger partial charge in [0, 0.05) is 35.2 Å². The number of pyridine rings is 1. The summed E-state index contributed by atoms with van der Waals surface area (Å²) in [6, 6.07) is 35.4. The first-order valence-electron chi connectivity index (χ1n) is 10.9. The van der Waals surface area contributed by atoms with Crippen molar-refractivity contribution in [2.75, 3.05) is 0 Å². The molecule has 3 aromatic carbocycles. The van der Waals surface area contributed by atoms with Gasteiger partial charge in [0.15, 0.2) is 5.82 Å². The topological polar surface area (TPSA) is 43.6 Å². The Balaban J connectivity index is 1.47. The molecular formula is C29H20N4. The number of benzene rings is 3. The van der Waals surface area contributed by atoms with Crippen LogP contribution in [0.1, 0.15) is 0 Å². The Morgan fingerprint density at radius 2 is 1.18 bits per heavy atom. The molecular weight excluding hydrogens is 404 g/mol. The third-order valence-electron chi connectivity index (χ3n) is 5.81. The van der Waals surface area contributed by atoms with Crippen molar-refractivity contribution in [3.63, 3.8) is 0 Å². The van der Waals surface area contributed by atoms with Gasteiger partial charge in [-0.2, -0.15) is 0 Å². The minimum atomic E-state index is 0.700. The number of aromatic nitrogens is 4. The Labute approximate surface area is 191 Å². The molecule has 33 heavy (non-hydrogen) atoms. The molecule has 0 N–H and O–H groups in total. The van der Waals surface area contributed by atoms with Crippen LogP contribution in [0.4, 0.5) is 0 Å². The lowest BCUT2D eigenvalue weighted by atomic mass is 10.00. The highest BCUT2D eigenvalue weighted by Crippen LogP contribution is 2.33. The Morgan fingerprint density at radius 3 is 2.00 bits per heavy atom. The van der Waals surface area contributed by atoms with Gasteiger partial charge >= 0.3 is 0 Å². The molecule has 0 unspecified atom stereocenters. The summed E-state index contributed by atoms with van der Waals surface area (Å²) >= 11 is 0. The summed E-state index contributed by atoms with van der Waals surface area (Å²) < 4.78 is 2.21. The van der Waals surface area contributed by atoms with E-state index in [4.69, 9.17) is 0 Å². The molecule has 6 rings (SSSR count). The summed E-state index contributed by atoms with van der Waals surface area (Å²) in [4.78, 5) is 13.6. The molecule has 0 saturated heterocycles. The van der Waals surface area contributed by atoms with Crippen molar-refractivity contribution in [2.24, 2.45) is 0 Å². The summed E-state index contributed by atoms with van der Waals surface area (Å²) in [5.41, 5.74) is 7.54. The number of rotatable bonds is 4. The van der Waals surface area contributed by atoms with Gasteiger partial charge in [0.2, 0.25) is 0 Å². The lowest BCUT2D eigenvalue weighted by molar-refractivity contribution is 1.05. The lowest BCUT2D eigenvalue weighted by Gasteiger charge is -2.14. The second-order valence-electron chi connectivity index (χ2n) is 7.81. The summed E-state index contributed by atoms with van der Waals surface area (Å²) in [6.07, 6.45) is 5.40. The van der Waals surface area contributed by atoms with Crippen LogP contribution in [0.3, 0.4) is 0 Å². The van der Waals surface area contributed by atoms with Gasteiger partial charge in [0.1, 0.15) is 0 Å². The molecule has 0 radical (unpaired) electrons. The maximum absolute atomic E-state index is 4.61. The van der Waals surface area contributed by atoms with Crippen molar-refractivity contribution in [3.8, 4) is 39.6 Å². The van der Waals surface area contributed by atoms with Gasteiger partial charge in [0.25, 0.3) is 0 Å². The first-order chi connectivity index (χ1) is 16.4. The van der Waals surface area contributed by atoms with Crippen molar-refractivity contribution >= 4 is 10.9 Å². The maximum Gasteiger partial charge on any atom is 0.176 e. The van der Waals surface area contributed by atoms with Crippen LogP contribution in [0.2, 0.25) is 0 Å². The molecule has 0 aliphatic carbocycles. The van der Waals surface area contributed by atoms with E-state index in [2.05, 4.69) is 92.3 Å². The Morgan fingerprint density at radius 1 is 0.485 bits per heavy atom. The number of para-hydroxylation sites is 2. The Kier molecular flexibility index (Phi) is 4.74. The first-order valence-corrected chi connectivity index (χ1v) is 10.9. The Bertz CT molecular complexity index is 1530. The fourth-order valence-electron chi connectivity index (χ4n) is 4.28. The van der Waals surface area contributed by atoms with E-state index in [1.165, 1.54) is 0 Å². The van der Waals surface area contributed by atoms with Crippen LogP contribution >= 0.6 is 0 Å². The minimum Gasteiger partial charge on any atom is -0.306 e. The van der Waals surface area contributed by atoms with Crippen molar-refractivity contribution in [2.45, 2.75) is 0 Å². The number of hydrogen-bond acceptors (Lipinski definition) is 3. The molecule has 0 aliphatic rings. The zero-order valence-electron chi connectivity index (χ0n) is 17.8. The number of hydrogen-bond donors (Lipinski definition) is 0. The zero-order valence-corrected chi connectivity index (χ0v) is 17.8. The van der Waals surface area contributed by atoms with Crippen LogP contribution in [-0.2, 0) is 0 Å². The van der Waals surface area contributed by atoms with E-state index in [0.29, 0.717) is 5.82 Å². The summed E-state index contributed by atoms with van der Waals surface area (Å²) in [5, 5.41) is 1.14. The predicted octanol–water partition coefficient (Wildman–Crippen LogP) is 6.82. The van der Waals surface area contributed by atoms with Gasteiger partial charge in [-0.15, -0.1) is 0 Å². The molecule has 4 nitrogen and oxygen atoms in total. The van der Waals surface area contributed by atoms with E-state index in [0.717, 1.165) is 44.7 Å². The molecule has 0 saturated carbocycles. The van der Waals surface area contributed by atoms with Gasteiger partial charge < -0.3 is 4.57 Å². The van der Waals surface area contributed by atoms with Crippen molar-refractivity contribution in [1.82, 2.24) is 19.5 Å². The van der Waals surface area contributed by atoms with E-state index >= 15 is 0 Å². The number of fused-ring (bicyclic) bond motifs is 1. The maximum atomic E-state index is 4.61. The third kappa shape index (κ3) is 3.48. The van der Waals surface area contributed by atoms with Crippen LogP contribution in [0.5, 0.6) is 0 Å².